The highest BCUT2D eigenvalue weighted by atomic mass is 16.5. The fourth-order valence-corrected chi connectivity index (χ4v) is 3.21. The van der Waals surface area contributed by atoms with Gasteiger partial charge in [0.1, 0.15) is 5.75 Å². The third kappa shape index (κ3) is 4.83. The van der Waals surface area contributed by atoms with Gasteiger partial charge in [0.25, 0.3) is 0 Å². The van der Waals surface area contributed by atoms with Crippen LogP contribution >= 0.6 is 0 Å². The van der Waals surface area contributed by atoms with Gasteiger partial charge >= 0.3 is 0 Å². The largest absolute Gasteiger partial charge is 0.492 e. The zero-order chi connectivity index (χ0) is 17.5. The van der Waals surface area contributed by atoms with E-state index in [1.54, 1.807) is 0 Å². The Labute approximate surface area is 149 Å². The van der Waals surface area contributed by atoms with Gasteiger partial charge in [0.2, 0.25) is 5.91 Å². The second-order valence-electron chi connectivity index (χ2n) is 6.60. The summed E-state index contributed by atoms with van der Waals surface area (Å²) in [4.78, 5) is 12.2. The number of rotatable bonds is 6. The van der Waals surface area contributed by atoms with Crippen molar-refractivity contribution in [1.82, 2.24) is 10.6 Å². The number of ether oxygens (including phenoxy) is 1. The molecule has 0 bridgehead atoms. The van der Waals surface area contributed by atoms with Crippen LogP contribution in [-0.2, 0) is 4.79 Å². The van der Waals surface area contributed by atoms with E-state index in [2.05, 4.69) is 29.7 Å². The van der Waals surface area contributed by atoms with Gasteiger partial charge in [0.05, 0.1) is 13.0 Å². The van der Waals surface area contributed by atoms with Crippen molar-refractivity contribution in [2.45, 2.75) is 25.8 Å². The molecule has 1 fully saturated rings. The molecule has 2 aromatic carbocycles. The molecule has 1 aliphatic rings. The number of hydrogen-bond acceptors (Lipinski definition) is 3. The lowest BCUT2D eigenvalue weighted by molar-refractivity contribution is -0.122. The number of benzene rings is 2. The molecule has 2 aromatic rings. The van der Waals surface area contributed by atoms with Crippen molar-refractivity contribution in [3.05, 3.63) is 54.6 Å². The molecule has 25 heavy (non-hydrogen) atoms. The number of carbonyl (C=O) groups excluding carboxylic acids is 1. The highest BCUT2D eigenvalue weighted by Crippen LogP contribution is 2.29. The molecule has 132 valence electrons. The first kappa shape index (κ1) is 17.5. The second kappa shape index (κ2) is 8.67. The third-order valence-electron chi connectivity index (χ3n) is 4.69. The van der Waals surface area contributed by atoms with Crippen molar-refractivity contribution in [2.75, 3.05) is 19.7 Å². The smallest absolute Gasteiger partial charge is 0.223 e. The Morgan fingerprint density at radius 1 is 1.16 bits per heavy atom. The van der Waals surface area contributed by atoms with E-state index in [1.807, 2.05) is 42.5 Å². The molecule has 1 heterocycles. The lowest BCUT2D eigenvalue weighted by Gasteiger charge is -2.30. The van der Waals surface area contributed by atoms with E-state index in [-0.39, 0.29) is 11.9 Å². The predicted octanol–water partition coefficient (Wildman–Crippen LogP) is 3.24. The highest BCUT2D eigenvalue weighted by Gasteiger charge is 2.22. The van der Waals surface area contributed by atoms with Crippen molar-refractivity contribution in [1.29, 1.82) is 0 Å². The summed E-state index contributed by atoms with van der Waals surface area (Å²) < 4.78 is 5.91. The Hall–Kier alpha value is -2.33. The molecule has 2 N–H and O–H groups in total. The normalized spacial score (nSPS) is 20.0. The van der Waals surface area contributed by atoms with E-state index in [0.717, 1.165) is 36.4 Å². The summed E-state index contributed by atoms with van der Waals surface area (Å²) >= 11 is 0. The minimum Gasteiger partial charge on any atom is -0.492 e. The molecule has 1 saturated heterocycles. The summed E-state index contributed by atoms with van der Waals surface area (Å²) in [6.45, 7) is 4.49. The standard InChI is InChI=1S/C21H26N2O2/c1-16-15-22-13-11-19(16)23-21(24)12-14-25-20-10-6-5-9-18(20)17-7-3-2-4-8-17/h2-10,16,19,22H,11-15H2,1H3,(H,23,24). The molecule has 1 aliphatic heterocycles. The van der Waals surface area contributed by atoms with Crippen LogP contribution in [0.15, 0.2) is 54.6 Å². The zero-order valence-electron chi connectivity index (χ0n) is 14.7. The van der Waals surface area contributed by atoms with E-state index in [4.69, 9.17) is 4.74 Å². The van der Waals surface area contributed by atoms with Crippen molar-refractivity contribution in [2.24, 2.45) is 5.92 Å². The highest BCUT2D eigenvalue weighted by molar-refractivity contribution is 5.76. The topological polar surface area (TPSA) is 50.4 Å². The first-order valence-electron chi connectivity index (χ1n) is 9.01. The fourth-order valence-electron chi connectivity index (χ4n) is 3.21. The number of para-hydroxylation sites is 1. The summed E-state index contributed by atoms with van der Waals surface area (Å²) in [5.41, 5.74) is 2.17. The minimum absolute atomic E-state index is 0.0657. The van der Waals surface area contributed by atoms with Crippen LogP contribution in [0.1, 0.15) is 19.8 Å². The lowest BCUT2D eigenvalue weighted by atomic mass is 9.95. The van der Waals surface area contributed by atoms with Crippen molar-refractivity contribution in [3.63, 3.8) is 0 Å². The first-order chi connectivity index (χ1) is 12.2. The third-order valence-corrected chi connectivity index (χ3v) is 4.69. The molecular formula is C21H26N2O2. The van der Waals surface area contributed by atoms with Crippen molar-refractivity contribution < 1.29 is 9.53 Å². The van der Waals surface area contributed by atoms with E-state index < -0.39 is 0 Å². The summed E-state index contributed by atoms with van der Waals surface area (Å²) in [5.74, 6) is 1.35. The quantitative estimate of drug-likeness (QED) is 0.850. The molecule has 2 unspecified atom stereocenters. The SMILES string of the molecule is CC1CNCCC1NC(=O)CCOc1ccccc1-c1ccccc1. The zero-order valence-corrected chi connectivity index (χ0v) is 14.7. The average Bonchev–Trinajstić information content (AvgIpc) is 2.65. The summed E-state index contributed by atoms with van der Waals surface area (Å²) in [6.07, 6.45) is 1.37. The molecule has 4 heteroatoms. The monoisotopic (exact) mass is 338 g/mol. The molecule has 1 amide bonds. The lowest BCUT2D eigenvalue weighted by Crippen LogP contribution is -2.48. The Morgan fingerprint density at radius 3 is 2.72 bits per heavy atom. The molecule has 3 rings (SSSR count). The molecule has 0 aromatic heterocycles. The van der Waals surface area contributed by atoms with Gasteiger partial charge < -0.3 is 15.4 Å². The minimum atomic E-state index is 0.0657. The molecular weight excluding hydrogens is 312 g/mol. The first-order valence-corrected chi connectivity index (χ1v) is 9.01. The summed E-state index contributed by atoms with van der Waals surface area (Å²) in [7, 11) is 0. The van der Waals surface area contributed by atoms with Gasteiger partial charge in [-0.3, -0.25) is 4.79 Å². The Kier molecular flexibility index (Phi) is 6.07. The summed E-state index contributed by atoms with van der Waals surface area (Å²) in [5, 5.41) is 6.49. The van der Waals surface area contributed by atoms with Crippen LogP contribution in [0.4, 0.5) is 0 Å². The van der Waals surface area contributed by atoms with E-state index >= 15 is 0 Å². The number of carbonyl (C=O) groups is 1. The van der Waals surface area contributed by atoms with Gasteiger partial charge in [-0.25, -0.2) is 0 Å². The number of piperidine rings is 1. The Balaban J connectivity index is 1.53. The van der Waals surface area contributed by atoms with Crippen LogP contribution in [0, 0.1) is 5.92 Å². The molecule has 0 radical (unpaired) electrons. The van der Waals surface area contributed by atoms with Crippen molar-refractivity contribution >= 4 is 5.91 Å². The van der Waals surface area contributed by atoms with Crippen molar-refractivity contribution in [3.8, 4) is 16.9 Å². The summed E-state index contributed by atoms with van der Waals surface area (Å²) in [6, 6.07) is 18.4. The van der Waals surface area contributed by atoms with Crippen LogP contribution in [0.5, 0.6) is 5.75 Å². The van der Waals surface area contributed by atoms with Gasteiger partial charge in [0, 0.05) is 11.6 Å². The van der Waals surface area contributed by atoms with E-state index in [0.29, 0.717) is 18.9 Å². The van der Waals surface area contributed by atoms with Crippen LogP contribution < -0.4 is 15.4 Å². The van der Waals surface area contributed by atoms with Crippen LogP contribution in [0.2, 0.25) is 0 Å². The van der Waals surface area contributed by atoms with Crippen LogP contribution in [0.3, 0.4) is 0 Å². The van der Waals surface area contributed by atoms with Crippen LogP contribution in [-0.4, -0.2) is 31.6 Å². The molecule has 0 spiro atoms. The average molecular weight is 338 g/mol. The van der Waals surface area contributed by atoms with E-state index in [9.17, 15) is 4.79 Å². The maximum absolute atomic E-state index is 12.2. The molecule has 2 atom stereocenters. The van der Waals surface area contributed by atoms with Gasteiger partial charge in [-0.2, -0.15) is 0 Å². The van der Waals surface area contributed by atoms with Gasteiger partial charge in [-0.05, 0) is 37.1 Å². The number of hydrogen-bond donors (Lipinski definition) is 2. The van der Waals surface area contributed by atoms with Gasteiger partial charge in [0.15, 0.2) is 0 Å². The van der Waals surface area contributed by atoms with Crippen LogP contribution in [0.25, 0.3) is 11.1 Å². The maximum atomic E-state index is 12.2. The Morgan fingerprint density at radius 2 is 1.92 bits per heavy atom. The number of amides is 1. The van der Waals surface area contributed by atoms with Gasteiger partial charge in [-0.15, -0.1) is 0 Å². The molecule has 0 aliphatic carbocycles. The number of nitrogens with one attached hydrogen (secondary N) is 2. The van der Waals surface area contributed by atoms with E-state index in [1.165, 1.54) is 0 Å². The molecule has 4 nitrogen and oxygen atoms in total. The maximum Gasteiger partial charge on any atom is 0.223 e. The predicted molar refractivity (Wildman–Crippen MR) is 101 cm³/mol. The fraction of sp³-hybridized carbons (Fsp3) is 0.381. The van der Waals surface area contributed by atoms with Gasteiger partial charge in [-0.1, -0.05) is 55.5 Å². The second-order valence-corrected chi connectivity index (χ2v) is 6.60. The Bertz CT molecular complexity index is 687. The molecule has 0 saturated carbocycles.